The van der Waals surface area contributed by atoms with Crippen LogP contribution in [-0.2, 0) is 0 Å². The van der Waals surface area contributed by atoms with E-state index in [-0.39, 0.29) is 0 Å². The lowest BCUT2D eigenvalue weighted by molar-refractivity contribution is 0.421. The molecular weight excluding hydrogens is 212 g/mol. The number of hydrogen-bond donors (Lipinski definition) is 3. The fraction of sp³-hybridized carbons (Fsp3) is 0.923. The van der Waals surface area contributed by atoms with Gasteiger partial charge in [-0.15, -0.1) is 0 Å². The Morgan fingerprint density at radius 2 is 1.71 bits per heavy atom. The zero-order chi connectivity index (χ0) is 12.1. The first-order valence-electron chi connectivity index (χ1n) is 7.10. The number of aliphatic imine (C=N–C) groups is 1. The first-order chi connectivity index (χ1) is 8.29. The molecule has 2 aliphatic carbocycles. The molecule has 0 heterocycles. The van der Waals surface area contributed by atoms with E-state index in [4.69, 9.17) is 5.84 Å². The predicted molar refractivity (Wildman–Crippen MR) is 71.6 cm³/mol. The monoisotopic (exact) mass is 238 g/mol. The maximum Gasteiger partial charge on any atom is 0.206 e. The van der Waals surface area contributed by atoms with Gasteiger partial charge in [0, 0.05) is 6.04 Å². The van der Waals surface area contributed by atoms with Gasteiger partial charge < -0.3 is 5.32 Å². The third-order valence-electron chi connectivity index (χ3n) is 4.24. The van der Waals surface area contributed by atoms with Crippen LogP contribution < -0.4 is 16.6 Å². The summed E-state index contributed by atoms with van der Waals surface area (Å²) in [6.07, 6.45) is 10.5. The van der Waals surface area contributed by atoms with Gasteiger partial charge in [0.25, 0.3) is 0 Å². The molecule has 17 heavy (non-hydrogen) atoms. The van der Waals surface area contributed by atoms with Gasteiger partial charge >= 0.3 is 0 Å². The van der Waals surface area contributed by atoms with Crippen LogP contribution in [0.15, 0.2) is 4.99 Å². The summed E-state index contributed by atoms with van der Waals surface area (Å²) in [5.74, 6) is 7.13. The Bertz CT molecular complexity index is 252. The van der Waals surface area contributed by atoms with Gasteiger partial charge in [0.2, 0.25) is 5.96 Å². The second-order valence-corrected chi connectivity index (χ2v) is 5.54. The van der Waals surface area contributed by atoms with E-state index in [1.807, 2.05) is 0 Å². The largest absolute Gasteiger partial charge is 0.353 e. The molecule has 2 rings (SSSR count). The Balaban J connectivity index is 1.84. The van der Waals surface area contributed by atoms with Crippen LogP contribution in [0.4, 0.5) is 0 Å². The SMILES string of the molecule is CC(NC(=NC1CCCC1)NN)C1CCCC1. The van der Waals surface area contributed by atoms with Gasteiger partial charge in [0.15, 0.2) is 0 Å². The number of nitrogens with two attached hydrogens (primary N) is 1. The molecule has 4 nitrogen and oxygen atoms in total. The summed E-state index contributed by atoms with van der Waals surface area (Å²) in [4.78, 5) is 4.67. The number of rotatable bonds is 3. The number of guanidine groups is 1. The smallest absolute Gasteiger partial charge is 0.206 e. The molecule has 4 heteroatoms. The molecule has 4 N–H and O–H groups in total. The fourth-order valence-electron chi connectivity index (χ4n) is 3.12. The molecule has 2 saturated carbocycles. The maximum absolute atomic E-state index is 5.55. The zero-order valence-corrected chi connectivity index (χ0v) is 10.9. The van der Waals surface area contributed by atoms with Crippen molar-refractivity contribution in [1.82, 2.24) is 10.7 Å². The highest BCUT2D eigenvalue weighted by Crippen LogP contribution is 2.27. The summed E-state index contributed by atoms with van der Waals surface area (Å²) >= 11 is 0. The molecular formula is C13H26N4. The summed E-state index contributed by atoms with van der Waals surface area (Å²) < 4.78 is 0. The van der Waals surface area contributed by atoms with E-state index in [0.29, 0.717) is 12.1 Å². The van der Waals surface area contributed by atoms with E-state index in [9.17, 15) is 0 Å². The molecule has 1 atom stereocenters. The highest BCUT2D eigenvalue weighted by atomic mass is 15.3. The number of nitrogens with one attached hydrogen (secondary N) is 2. The van der Waals surface area contributed by atoms with Gasteiger partial charge in [-0.3, -0.25) is 5.43 Å². The first kappa shape index (κ1) is 12.7. The second-order valence-electron chi connectivity index (χ2n) is 5.54. The van der Waals surface area contributed by atoms with Crippen LogP contribution in [0.2, 0.25) is 0 Å². The third-order valence-corrected chi connectivity index (χ3v) is 4.24. The van der Waals surface area contributed by atoms with Crippen molar-refractivity contribution in [2.75, 3.05) is 0 Å². The van der Waals surface area contributed by atoms with E-state index >= 15 is 0 Å². The van der Waals surface area contributed by atoms with Gasteiger partial charge in [0.1, 0.15) is 0 Å². The third kappa shape index (κ3) is 3.60. The van der Waals surface area contributed by atoms with Gasteiger partial charge in [-0.1, -0.05) is 25.7 Å². The van der Waals surface area contributed by atoms with E-state index in [0.717, 1.165) is 11.9 Å². The summed E-state index contributed by atoms with van der Waals surface area (Å²) in [6.45, 7) is 2.25. The second kappa shape index (κ2) is 6.24. The molecule has 98 valence electrons. The zero-order valence-electron chi connectivity index (χ0n) is 10.9. The summed E-state index contributed by atoms with van der Waals surface area (Å²) in [6, 6.07) is 0.957. The van der Waals surface area contributed by atoms with Crippen molar-refractivity contribution in [2.24, 2.45) is 16.8 Å². The van der Waals surface area contributed by atoms with E-state index in [2.05, 4.69) is 22.7 Å². The lowest BCUT2D eigenvalue weighted by atomic mass is 10.0. The molecule has 0 aromatic carbocycles. The van der Waals surface area contributed by atoms with Crippen molar-refractivity contribution in [1.29, 1.82) is 0 Å². The van der Waals surface area contributed by atoms with Crippen molar-refractivity contribution < 1.29 is 0 Å². The summed E-state index contributed by atoms with van der Waals surface area (Å²) in [7, 11) is 0. The van der Waals surface area contributed by atoms with Crippen molar-refractivity contribution in [3.63, 3.8) is 0 Å². The molecule has 0 spiro atoms. The van der Waals surface area contributed by atoms with Crippen LogP contribution in [-0.4, -0.2) is 18.0 Å². The van der Waals surface area contributed by atoms with Gasteiger partial charge in [-0.25, -0.2) is 10.8 Å². The average molecular weight is 238 g/mol. The summed E-state index contributed by atoms with van der Waals surface area (Å²) in [5.41, 5.74) is 2.72. The molecule has 0 radical (unpaired) electrons. The van der Waals surface area contributed by atoms with Gasteiger partial charge in [0.05, 0.1) is 6.04 Å². The van der Waals surface area contributed by atoms with Crippen molar-refractivity contribution in [3.05, 3.63) is 0 Å². The fourth-order valence-corrected chi connectivity index (χ4v) is 3.12. The Kier molecular flexibility index (Phi) is 4.66. The minimum Gasteiger partial charge on any atom is -0.353 e. The lowest BCUT2D eigenvalue weighted by Gasteiger charge is -2.22. The number of hydrogen-bond acceptors (Lipinski definition) is 2. The first-order valence-corrected chi connectivity index (χ1v) is 7.10. The lowest BCUT2D eigenvalue weighted by Crippen LogP contribution is -2.48. The number of hydrazine groups is 1. The molecule has 2 fully saturated rings. The standard InChI is InChI=1S/C13H26N4/c1-10(11-6-2-3-7-11)15-13(17-14)16-12-8-4-5-9-12/h10-12H,2-9,14H2,1H3,(H2,15,16,17). The highest BCUT2D eigenvalue weighted by molar-refractivity contribution is 5.79. The van der Waals surface area contributed by atoms with Crippen molar-refractivity contribution in [3.8, 4) is 0 Å². The molecule has 0 saturated heterocycles. The average Bonchev–Trinajstić information content (AvgIpc) is 3.00. The van der Waals surface area contributed by atoms with Crippen LogP contribution in [0.5, 0.6) is 0 Å². The van der Waals surface area contributed by atoms with Crippen LogP contribution in [0.25, 0.3) is 0 Å². The van der Waals surface area contributed by atoms with Crippen LogP contribution in [0.3, 0.4) is 0 Å². The number of nitrogens with zero attached hydrogens (tertiary/aromatic N) is 1. The van der Waals surface area contributed by atoms with Crippen LogP contribution >= 0.6 is 0 Å². The van der Waals surface area contributed by atoms with Gasteiger partial charge in [-0.05, 0) is 38.5 Å². The van der Waals surface area contributed by atoms with Crippen LogP contribution in [0.1, 0.15) is 58.3 Å². The van der Waals surface area contributed by atoms with Crippen molar-refractivity contribution in [2.45, 2.75) is 70.4 Å². The quantitative estimate of drug-likeness (QED) is 0.305. The predicted octanol–water partition coefficient (Wildman–Crippen LogP) is 1.92. The minimum absolute atomic E-state index is 0.476. The van der Waals surface area contributed by atoms with Gasteiger partial charge in [-0.2, -0.15) is 0 Å². The van der Waals surface area contributed by atoms with Crippen molar-refractivity contribution >= 4 is 5.96 Å². The maximum atomic E-state index is 5.55. The Morgan fingerprint density at radius 1 is 1.12 bits per heavy atom. The molecule has 2 aliphatic rings. The molecule has 0 bridgehead atoms. The van der Waals surface area contributed by atoms with E-state index < -0.39 is 0 Å². The normalized spacial score (nSPS) is 25.2. The Hall–Kier alpha value is -0.770. The molecule has 1 unspecified atom stereocenters. The Labute approximate surface area is 104 Å². The van der Waals surface area contributed by atoms with E-state index in [1.165, 1.54) is 51.4 Å². The molecule has 0 aromatic rings. The molecule has 0 aromatic heterocycles. The summed E-state index contributed by atoms with van der Waals surface area (Å²) in [5, 5.41) is 3.45. The van der Waals surface area contributed by atoms with Crippen LogP contribution in [0, 0.1) is 5.92 Å². The Morgan fingerprint density at radius 3 is 2.29 bits per heavy atom. The van der Waals surface area contributed by atoms with E-state index in [1.54, 1.807) is 0 Å². The highest BCUT2D eigenvalue weighted by Gasteiger charge is 2.22. The molecule has 0 amide bonds. The topological polar surface area (TPSA) is 62.4 Å². The molecule has 0 aliphatic heterocycles. The minimum atomic E-state index is 0.476.